The lowest BCUT2D eigenvalue weighted by Gasteiger charge is -2.10. The van der Waals surface area contributed by atoms with Gasteiger partial charge >= 0.3 is 0 Å². The Bertz CT molecular complexity index is 634. The van der Waals surface area contributed by atoms with Crippen molar-refractivity contribution in [1.29, 1.82) is 0 Å². The molecule has 0 aliphatic heterocycles. The maximum Gasteiger partial charge on any atom is 0.227 e. The van der Waals surface area contributed by atoms with Crippen molar-refractivity contribution in [1.82, 2.24) is 20.4 Å². The first-order valence-corrected chi connectivity index (χ1v) is 7.47. The molecule has 1 aliphatic rings. The summed E-state index contributed by atoms with van der Waals surface area (Å²) in [6.45, 7) is 0.537. The minimum atomic E-state index is -0.0419. The van der Waals surface area contributed by atoms with Gasteiger partial charge in [0.2, 0.25) is 17.6 Å². The van der Waals surface area contributed by atoms with Crippen molar-refractivity contribution in [3.8, 4) is 11.4 Å². The van der Waals surface area contributed by atoms with Crippen molar-refractivity contribution in [2.24, 2.45) is 11.7 Å². The number of hydrogen-bond donors (Lipinski definition) is 2. The molecule has 2 aromatic rings. The molecular formula is C15H21Cl2N5O2. The van der Waals surface area contributed by atoms with Gasteiger partial charge < -0.3 is 15.6 Å². The van der Waals surface area contributed by atoms with E-state index in [-0.39, 0.29) is 36.8 Å². The molecular weight excluding hydrogens is 353 g/mol. The van der Waals surface area contributed by atoms with Crippen molar-refractivity contribution < 1.29 is 9.32 Å². The van der Waals surface area contributed by atoms with Crippen molar-refractivity contribution >= 4 is 30.7 Å². The molecule has 132 valence electrons. The summed E-state index contributed by atoms with van der Waals surface area (Å²) in [4.78, 5) is 20.0. The SMILES string of the molecule is Cl.Cl.NC(CNC(=O)CCc1nc(-c2ccncc2)no1)C1CC1. The number of carbonyl (C=O) groups is 1. The Hall–Kier alpha value is -1.70. The third kappa shape index (κ3) is 5.74. The minimum Gasteiger partial charge on any atom is -0.355 e. The van der Waals surface area contributed by atoms with Crippen LogP contribution in [0.2, 0.25) is 0 Å². The summed E-state index contributed by atoms with van der Waals surface area (Å²) in [6, 6.07) is 3.69. The lowest BCUT2D eigenvalue weighted by Crippen LogP contribution is -2.38. The molecule has 1 saturated carbocycles. The number of halogens is 2. The van der Waals surface area contributed by atoms with Crippen LogP contribution < -0.4 is 11.1 Å². The molecule has 1 unspecified atom stereocenters. The quantitative estimate of drug-likeness (QED) is 0.765. The highest BCUT2D eigenvalue weighted by Gasteiger charge is 2.28. The number of nitrogens with one attached hydrogen (secondary N) is 1. The number of nitrogens with zero attached hydrogens (tertiary/aromatic N) is 3. The highest BCUT2D eigenvalue weighted by atomic mass is 35.5. The molecule has 1 aliphatic carbocycles. The van der Waals surface area contributed by atoms with Gasteiger partial charge in [0.05, 0.1) is 0 Å². The zero-order valence-corrected chi connectivity index (χ0v) is 14.7. The molecule has 2 aromatic heterocycles. The highest BCUT2D eigenvalue weighted by molar-refractivity contribution is 5.85. The third-order valence-corrected chi connectivity index (χ3v) is 3.73. The number of hydrogen-bond acceptors (Lipinski definition) is 6. The van der Waals surface area contributed by atoms with Gasteiger partial charge in [0.25, 0.3) is 0 Å². The molecule has 0 spiro atoms. The zero-order chi connectivity index (χ0) is 15.4. The molecule has 3 N–H and O–H groups in total. The second-order valence-corrected chi connectivity index (χ2v) is 5.55. The average Bonchev–Trinajstić information content (AvgIpc) is 3.30. The average molecular weight is 374 g/mol. The van der Waals surface area contributed by atoms with Crippen LogP contribution in [0.25, 0.3) is 11.4 Å². The molecule has 0 radical (unpaired) electrons. The Morgan fingerprint density at radius 1 is 1.33 bits per heavy atom. The van der Waals surface area contributed by atoms with E-state index in [0.717, 1.165) is 5.56 Å². The Morgan fingerprint density at radius 3 is 2.71 bits per heavy atom. The predicted octanol–water partition coefficient (Wildman–Crippen LogP) is 1.76. The topological polar surface area (TPSA) is 107 Å². The normalized spacial score (nSPS) is 14.2. The number of pyridine rings is 1. The van der Waals surface area contributed by atoms with Gasteiger partial charge in [0.15, 0.2) is 0 Å². The smallest absolute Gasteiger partial charge is 0.227 e. The fraction of sp³-hybridized carbons (Fsp3) is 0.467. The van der Waals surface area contributed by atoms with Gasteiger partial charge in [-0.15, -0.1) is 24.8 Å². The molecule has 1 atom stereocenters. The van der Waals surface area contributed by atoms with Gasteiger partial charge in [-0.1, -0.05) is 5.16 Å². The van der Waals surface area contributed by atoms with E-state index in [1.807, 2.05) is 0 Å². The van der Waals surface area contributed by atoms with Crippen molar-refractivity contribution in [3.05, 3.63) is 30.4 Å². The van der Waals surface area contributed by atoms with Crippen molar-refractivity contribution in [2.45, 2.75) is 31.7 Å². The molecule has 0 saturated heterocycles. The van der Waals surface area contributed by atoms with Crippen molar-refractivity contribution in [3.63, 3.8) is 0 Å². The van der Waals surface area contributed by atoms with Crippen LogP contribution in [0.3, 0.4) is 0 Å². The largest absolute Gasteiger partial charge is 0.355 e. The van der Waals surface area contributed by atoms with Gasteiger partial charge in [-0.2, -0.15) is 4.98 Å². The van der Waals surface area contributed by atoms with Crippen LogP contribution in [-0.4, -0.2) is 33.6 Å². The van der Waals surface area contributed by atoms with Crippen LogP contribution in [0.5, 0.6) is 0 Å². The number of rotatable bonds is 7. The van der Waals surface area contributed by atoms with E-state index in [1.165, 1.54) is 12.8 Å². The van der Waals surface area contributed by atoms with E-state index < -0.39 is 0 Å². The van der Waals surface area contributed by atoms with E-state index in [4.69, 9.17) is 10.3 Å². The maximum absolute atomic E-state index is 11.8. The maximum atomic E-state index is 11.8. The third-order valence-electron chi connectivity index (χ3n) is 3.73. The van der Waals surface area contributed by atoms with Crippen LogP contribution in [0.4, 0.5) is 0 Å². The summed E-state index contributed by atoms with van der Waals surface area (Å²) >= 11 is 0. The first-order chi connectivity index (χ1) is 10.7. The Kier molecular flexibility index (Phi) is 8.10. The monoisotopic (exact) mass is 373 g/mol. The standard InChI is InChI=1S/C15H19N5O2.2ClH/c16-12(10-1-2-10)9-18-13(21)3-4-14-19-15(20-22-14)11-5-7-17-8-6-11;;/h5-8,10,12H,1-4,9,16H2,(H,18,21);2*1H. The lowest BCUT2D eigenvalue weighted by atomic mass is 10.2. The predicted molar refractivity (Wildman–Crippen MR) is 94.1 cm³/mol. The Labute approximate surface area is 152 Å². The molecule has 7 nitrogen and oxygen atoms in total. The molecule has 3 rings (SSSR count). The lowest BCUT2D eigenvalue weighted by molar-refractivity contribution is -0.121. The van der Waals surface area contributed by atoms with E-state index in [0.29, 0.717) is 37.0 Å². The zero-order valence-electron chi connectivity index (χ0n) is 13.1. The van der Waals surface area contributed by atoms with Gasteiger partial charge in [0, 0.05) is 43.4 Å². The highest BCUT2D eigenvalue weighted by Crippen LogP contribution is 2.31. The Morgan fingerprint density at radius 2 is 2.04 bits per heavy atom. The van der Waals surface area contributed by atoms with E-state index in [1.54, 1.807) is 24.5 Å². The van der Waals surface area contributed by atoms with Gasteiger partial charge in [-0.3, -0.25) is 9.78 Å². The molecule has 24 heavy (non-hydrogen) atoms. The Balaban J connectivity index is 0.00000144. The van der Waals surface area contributed by atoms with Gasteiger partial charge in [-0.25, -0.2) is 0 Å². The van der Waals surface area contributed by atoms with E-state index in [2.05, 4.69) is 20.4 Å². The molecule has 1 amide bonds. The number of aromatic nitrogens is 3. The summed E-state index contributed by atoms with van der Waals surface area (Å²) in [5.74, 6) is 1.50. The summed E-state index contributed by atoms with van der Waals surface area (Å²) in [5, 5.41) is 6.75. The van der Waals surface area contributed by atoms with E-state index >= 15 is 0 Å². The first kappa shape index (κ1) is 20.3. The number of nitrogens with two attached hydrogens (primary N) is 1. The number of amides is 1. The summed E-state index contributed by atoms with van der Waals surface area (Å²) in [5.41, 5.74) is 6.78. The molecule has 0 bridgehead atoms. The molecule has 1 fully saturated rings. The van der Waals surface area contributed by atoms with Crippen LogP contribution in [0, 0.1) is 5.92 Å². The fourth-order valence-corrected chi connectivity index (χ4v) is 2.21. The fourth-order valence-electron chi connectivity index (χ4n) is 2.21. The van der Waals surface area contributed by atoms with Crippen LogP contribution in [0.1, 0.15) is 25.2 Å². The summed E-state index contributed by atoms with van der Waals surface area (Å²) in [7, 11) is 0. The second kappa shape index (κ2) is 9.56. The van der Waals surface area contributed by atoms with Gasteiger partial charge in [-0.05, 0) is 30.9 Å². The molecule has 9 heteroatoms. The summed E-state index contributed by atoms with van der Waals surface area (Å²) < 4.78 is 5.16. The van der Waals surface area contributed by atoms with E-state index in [9.17, 15) is 4.79 Å². The van der Waals surface area contributed by atoms with Crippen LogP contribution in [0.15, 0.2) is 29.0 Å². The number of aryl methyl sites for hydroxylation is 1. The van der Waals surface area contributed by atoms with Gasteiger partial charge in [0.1, 0.15) is 0 Å². The first-order valence-electron chi connectivity index (χ1n) is 7.47. The van der Waals surface area contributed by atoms with Crippen molar-refractivity contribution in [2.75, 3.05) is 6.54 Å². The molecule has 2 heterocycles. The van der Waals surface area contributed by atoms with Crippen LogP contribution >= 0.6 is 24.8 Å². The number of carbonyl (C=O) groups excluding carboxylic acids is 1. The summed E-state index contributed by atoms with van der Waals surface area (Å²) in [6.07, 6.45) is 6.43. The molecule has 0 aromatic carbocycles. The second-order valence-electron chi connectivity index (χ2n) is 5.55. The minimum absolute atomic E-state index is 0. The van der Waals surface area contributed by atoms with Crippen LogP contribution in [-0.2, 0) is 11.2 Å².